The largest absolute Gasteiger partial charge is 0.331 e. The molecule has 0 saturated carbocycles. The Kier molecular flexibility index (Phi) is 3.14. The quantitative estimate of drug-likeness (QED) is 0.748. The van der Waals surface area contributed by atoms with Gasteiger partial charge in [-0.25, -0.2) is 9.78 Å². The van der Waals surface area contributed by atoms with Crippen molar-refractivity contribution in [1.29, 1.82) is 0 Å². The van der Waals surface area contributed by atoms with E-state index in [1.165, 1.54) is 15.6 Å². The molecule has 0 N–H and O–H groups in total. The van der Waals surface area contributed by atoms with Gasteiger partial charge in [0, 0.05) is 31.9 Å². The minimum absolute atomic E-state index is 0.0945. The summed E-state index contributed by atoms with van der Waals surface area (Å²) < 4.78 is 0. The number of aromatic nitrogens is 1. The van der Waals surface area contributed by atoms with E-state index in [9.17, 15) is 4.79 Å². The van der Waals surface area contributed by atoms with Crippen LogP contribution in [0.25, 0.3) is 0 Å². The maximum atomic E-state index is 11.8. The van der Waals surface area contributed by atoms with Gasteiger partial charge in [-0.2, -0.15) is 0 Å². The number of carbonyl (C=O) groups is 1. The molecule has 0 spiro atoms. The molecule has 2 rings (SSSR count). The molecule has 0 fully saturated rings. The Hall–Kier alpha value is -1.10. The second-order valence-electron chi connectivity index (χ2n) is 4.18. The molecule has 0 atom stereocenters. The molecule has 2 amide bonds. The maximum absolute atomic E-state index is 11.8. The Morgan fingerprint density at radius 2 is 2.31 bits per heavy atom. The monoisotopic (exact) mass is 239 g/mol. The number of fused-ring (bicyclic) bond motifs is 1. The standard InChI is InChI=1S/C11H17N3OS/c1-4-10-12-8-5-6-14(7-9(8)16-10)11(15)13(2)3/h4-7H2,1-3H3. The number of nitrogens with zero attached hydrogens (tertiary/aromatic N) is 3. The third-order valence-electron chi connectivity index (χ3n) is 2.73. The Balaban J connectivity index is 2.14. The summed E-state index contributed by atoms with van der Waals surface area (Å²) in [5, 5.41) is 1.18. The van der Waals surface area contributed by atoms with Gasteiger partial charge in [-0.1, -0.05) is 6.92 Å². The molecule has 1 aliphatic rings. The van der Waals surface area contributed by atoms with E-state index in [0.29, 0.717) is 0 Å². The first-order valence-corrected chi connectivity index (χ1v) is 6.37. The first kappa shape index (κ1) is 11.4. The summed E-state index contributed by atoms with van der Waals surface area (Å²) in [5.74, 6) is 0. The van der Waals surface area contributed by atoms with Crippen LogP contribution < -0.4 is 0 Å². The summed E-state index contributed by atoms with van der Waals surface area (Å²) in [6.45, 7) is 3.63. The van der Waals surface area contributed by atoms with Crippen molar-refractivity contribution in [1.82, 2.24) is 14.8 Å². The first-order valence-electron chi connectivity index (χ1n) is 5.55. The average molecular weight is 239 g/mol. The van der Waals surface area contributed by atoms with E-state index in [1.807, 2.05) is 4.90 Å². The molecule has 16 heavy (non-hydrogen) atoms. The third-order valence-corrected chi connectivity index (χ3v) is 3.96. The minimum Gasteiger partial charge on any atom is -0.331 e. The number of thiazole rings is 1. The molecule has 1 aromatic heterocycles. The number of urea groups is 1. The molecule has 1 aromatic rings. The number of aryl methyl sites for hydroxylation is 1. The van der Waals surface area contributed by atoms with E-state index in [1.54, 1.807) is 30.3 Å². The highest BCUT2D eigenvalue weighted by Crippen LogP contribution is 2.25. The summed E-state index contributed by atoms with van der Waals surface area (Å²) in [7, 11) is 3.59. The minimum atomic E-state index is 0.0945. The fourth-order valence-electron chi connectivity index (χ4n) is 1.85. The molecule has 0 bridgehead atoms. The Bertz CT molecular complexity index is 400. The van der Waals surface area contributed by atoms with Gasteiger partial charge in [-0.05, 0) is 6.42 Å². The molecule has 4 nitrogen and oxygen atoms in total. The van der Waals surface area contributed by atoms with Crippen molar-refractivity contribution in [2.45, 2.75) is 26.3 Å². The molecular weight excluding hydrogens is 222 g/mol. The summed E-state index contributed by atoms with van der Waals surface area (Å²) in [6, 6.07) is 0.0945. The van der Waals surface area contributed by atoms with Gasteiger partial charge in [-0.3, -0.25) is 0 Å². The lowest BCUT2D eigenvalue weighted by Gasteiger charge is -2.28. The van der Waals surface area contributed by atoms with E-state index in [2.05, 4.69) is 11.9 Å². The summed E-state index contributed by atoms with van der Waals surface area (Å²) >= 11 is 1.74. The van der Waals surface area contributed by atoms with Gasteiger partial charge in [0.25, 0.3) is 0 Å². The van der Waals surface area contributed by atoms with Gasteiger partial charge in [0.2, 0.25) is 0 Å². The number of hydrogen-bond acceptors (Lipinski definition) is 3. The zero-order valence-corrected chi connectivity index (χ0v) is 10.8. The Morgan fingerprint density at radius 1 is 1.56 bits per heavy atom. The molecule has 0 unspecified atom stereocenters. The number of rotatable bonds is 1. The highest BCUT2D eigenvalue weighted by molar-refractivity contribution is 7.11. The Labute approximate surface area is 99.9 Å². The van der Waals surface area contributed by atoms with Crippen LogP contribution in [0.4, 0.5) is 4.79 Å². The zero-order valence-electron chi connectivity index (χ0n) is 9.99. The average Bonchev–Trinajstić information content (AvgIpc) is 2.69. The zero-order chi connectivity index (χ0) is 11.7. The van der Waals surface area contributed by atoms with Gasteiger partial charge in [0.1, 0.15) is 0 Å². The first-order chi connectivity index (χ1) is 7.61. The van der Waals surface area contributed by atoms with Crippen molar-refractivity contribution in [3.8, 4) is 0 Å². The van der Waals surface area contributed by atoms with Gasteiger partial charge in [0.05, 0.1) is 17.2 Å². The fourth-order valence-corrected chi connectivity index (χ4v) is 2.92. The molecule has 88 valence electrons. The normalized spacial score (nSPS) is 14.8. The smallest absolute Gasteiger partial charge is 0.319 e. The molecule has 0 aromatic carbocycles. The molecular formula is C11H17N3OS. The maximum Gasteiger partial charge on any atom is 0.319 e. The van der Waals surface area contributed by atoms with E-state index < -0.39 is 0 Å². The number of carbonyl (C=O) groups excluding carboxylic acids is 1. The van der Waals surface area contributed by atoms with Crippen molar-refractivity contribution in [2.75, 3.05) is 20.6 Å². The van der Waals surface area contributed by atoms with Gasteiger partial charge < -0.3 is 9.80 Å². The van der Waals surface area contributed by atoms with Gasteiger partial charge in [-0.15, -0.1) is 11.3 Å². The summed E-state index contributed by atoms with van der Waals surface area (Å²) in [6.07, 6.45) is 1.88. The van der Waals surface area contributed by atoms with Crippen LogP contribution in [0.2, 0.25) is 0 Å². The van der Waals surface area contributed by atoms with Crippen LogP contribution in [0.15, 0.2) is 0 Å². The van der Waals surface area contributed by atoms with Crippen LogP contribution in [-0.2, 0) is 19.4 Å². The molecule has 0 radical (unpaired) electrons. The second-order valence-corrected chi connectivity index (χ2v) is 5.35. The van der Waals surface area contributed by atoms with E-state index in [-0.39, 0.29) is 6.03 Å². The highest BCUT2D eigenvalue weighted by atomic mass is 32.1. The van der Waals surface area contributed by atoms with Crippen LogP contribution in [0.1, 0.15) is 22.5 Å². The second kappa shape index (κ2) is 4.41. The van der Waals surface area contributed by atoms with Crippen LogP contribution >= 0.6 is 11.3 Å². The molecule has 0 saturated heterocycles. The molecule has 5 heteroatoms. The summed E-state index contributed by atoms with van der Waals surface area (Å²) in [4.78, 5) is 21.2. The van der Waals surface area contributed by atoms with Crippen LogP contribution in [0.3, 0.4) is 0 Å². The topological polar surface area (TPSA) is 36.4 Å². The Morgan fingerprint density at radius 3 is 2.94 bits per heavy atom. The number of hydrogen-bond donors (Lipinski definition) is 0. The lowest BCUT2D eigenvalue weighted by atomic mass is 10.2. The lowest BCUT2D eigenvalue weighted by molar-refractivity contribution is 0.166. The predicted molar refractivity (Wildman–Crippen MR) is 64.7 cm³/mol. The predicted octanol–water partition coefficient (Wildman–Crippen LogP) is 1.75. The van der Waals surface area contributed by atoms with Crippen LogP contribution in [0.5, 0.6) is 0 Å². The van der Waals surface area contributed by atoms with Crippen molar-refractivity contribution >= 4 is 17.4 Å². The highest BCUT2D eigenvalue weighted by Gasteiger charge is 2.24. The lowest BCUT2D eigenvalue weighted by Crippen LogP contribution is -2.41. The van der Waals surface area contributed by atoms with Crippen molar-refractivity contribution in [3.05, 3.63) is 15.6 Å². The molecule has 0 aliphatic carbocycles. The van der Waals surface area contributed by atoms with Gasteiger partial charge >= 0.3 is 6.03 Å². The van der Waals surface area contributed by atoms with E-state index in [0.717, 1.165) is 25.9 Å². The molecule has 2 heterocycles. The van der Waals surface area contributed by atoms with Crippen molar-refractivity contribution < 1.29 is 4.79 Å². The SMILES string of the molecule is CCc1nc2c(s1)CN(C(=O)N(C)C)CC2. The molecule has 1 aliphatic heterocycles. The fraction of sp³-hybridized carbons (Fsp3) is 0.636. The van der Waals surface area contributed by atoms with Crippen molar-refractivity contribution in [3.63, 3.8) is 0 Å². The third kappa shape index (κ3) is 2.04. The van der Waals surface area contributed by atoms with Crippen LogP contribution in [-0.4, -0.2) is 41.5 Å². The van der Waals surface area contributed by atoms with E-state index >= 15 is 0 Å². The van der Waals surface area contributed by atoms with E-state index in [4.69, 9.17) is 0 Å². The number of amides is 2. The van der Waals surface area contributed by atoms with Gasteiger partial charge in [0.15, 0.2) is 0 Å². The van der Waals surface area contributed by atoms with Crippen LogP contribution in [0, 0.1) is 0 Å². The summed E-state index contributed by atoms with van der Waals surface area (Å²) in [5.41, 5.74) is 1.20. The van der Waals surface area contributed by atoms with Crippen molar-refractivity contribution in [2.24, 2.45) is 0 Å².